The van der Waals surface area contributed by atoms with E-state index >= 15 is 0 Å². The molecule has 2 rings (SSSR count). The van der Waals surface area contributed by atoms with Gasteiger partial charge >= 0.3 is 5.97 Å². The maximum Gasteiger partial charge on any atom is 0.333 e. The van der Waals surface area contributed by atoms with Crippen molar-refractivity contribution in [1.82, 2.24) is 0 Å². The van der Waals surface area contributed by atoms with E-state index in [1.54, 1.807) is 6.92 Å². The highest BCUT2D eigenvalue weighted by molar-refractivity contribution is 5.87. The molecular formula is C17H22O2. The second-order valence-corrected chi connectivity index (χ2v) is 5.69. The summed E-state index contributed by atoms with van der Waals surface area (Å²) in [4.78, 5) is 12.0. The fourth-order valence-corrected chi connectivity index (χ4v) is 2.86. The van der Waals surface area contributed by atoms with Crippen LogP contribution < -0.4 is 0 Å². The van der Waals surface area contributed by atoms with Crippen LogP contribution in [0.2, 0.25) is 0 Å². The second kappa shape index (κ2) is 5.20. The summed E-state index contributed by atoms with van der Waals surface area (Å²) in [6, 6.07) is 6.37. The molecule has 0 aromatic heterocycles. The zero-order valence-electron chi connectivity index (χ0n) is 12.1. The van der Waals surface area contributed by atoms with E-state index in [1.165, 1.54) is 16.7 Å². The van der Waals surface area contributed by atoms with Crippen LogP contribution in [0, 0.1) is 13.8 Å². The highest BCUT2D eigenvalue weighted by atomic mass is 16.6. The lowest BCUT2D eigenvalue weighted by atomic mass is 9.87. The van der Waals surface area contributed by atoms with Gasteiger partial charge in [-0.15, -0.1) is 0 Å². The first-order chi connectivity index (χ1) is 8.94. The van der Waals surface area contributed by atoms with Crippen LogP contribution >= 0.6 is 0 Å². The number of rotatable bonds is 3. The van der Waals surface area contributed by atoms with Crippen molar-refractivity contribution < 1.29 is 9.53 Å². The molecule has 2 heteroatoms. The molecule has 0 bridgehead atoms. The van der Waals surface area contributed by atoms with E-state index < -0.39 is 5.60 Å². The molecule has 2 nitrogen and oxygen atoms in total. The van der Waals surface area contributed by atoms with Gasteiger partial charge in [0.2, 0.25) is 0 Å². The molecule has 102 valence electrons. The molecular weight excluding hydrogens is 236 g/mol. The van der Waals surface area contributed by atoms with Crippen LogP contribution in [0.4, 0.5) is 0 Å². The lowest BCUT2D eigenvalue weighted by Crippen LogP contribution is -2.30. The van der Waals surface area contributed by atoms with Gasteiger partial charge in [-0.1, -0.05) is 30.3 Å². The van der Waals surface area contributed by atoms with Gasteiger partial charge in [0.05, 0.1) is 0 Å². The van der Waals surface area contributed by atoms with Crippen molar-refractivity contribution in [3.05, 3.63) is 47.0 Å². The Kier molecular flexibility index (Phi) is 3.79. The summed E-state index contributed by atoms with van der Waals surface area (Å²) >= 11 is 0. The highest BCUT2D eigenvalue weighted by Gasteiger charge is 2.40. The Morgan fingerprint density at radius 3 is 2.47 bits per heavy atom. The topological polar surface area (TPSA) is 26.3 Å². The highest BCUT2D eigenvalue weighted by Crippen LogP contribution is 2.44. The Hall–Kier alpha value is -1.57. The van der Waals surface area contributed by atoms with Crippen LogP contribution in [0.3, 0.4) is 0 Å². The van der Waals surface area contributed by atoms with Gasteiger partial charge in [-0.3, -0.25) is 0 Å². The minimum absolute atomic E-state index is 0.275. The monoisotopic (exact) mass is 258 g/mol. The predicted octanol–water partition coefficient (Wildman–Crippen LogP) is 4.19. The lowest BCUT2D eigenvalue weighted by molar-refractivity contribution is -0.155. The van der Waals surface area contributed by atoms with Gasteiger partial charge in [0, 0.05) is 5.57 Å². The normalized spacial score (nSPS) is 17.2. The first-order valence-corrected chi connectivity index (χ1v) is 6.91. The van der Waals surface area contributed by atoms with Gasteiger partial charge in [0.15, 0.2) is 0 Å². The molecule has 0 atom stereocenters. The van der Waals surface area contributed by atoms with Crippen molar-refractivity contribution in [3.63, 3.8) is 0 Å². The van der Waals surface area contributed by atoms with Crippen LogP contribution in [-0.2, 0) is 15.1 Å². The average Bonchev–Trinajstić information content (AvgIpc) is 2.81. The molecule has 0 spiro atoms. The number of carbonyl (C=O) groups excluding carboxylic acids is 1. The van der Waals surface area contributed by atoms with Gasteiger partial charge in [0.1, 0.15) is 5.60 Å². The molecule has 1 saturated carbocycles. The van der Waals surface area contributed by atoms with Crippen molar-refractivity contribution in [1.29, 1.82) is 0 Å². The summed E-state index contributed by atoms with van der Waals surface area (Å²) in [5, 5.41) is 0. The van der Waals surface area contributed by atoms with E-state index in [1.807, 2.05) is 0 Å². The Morgan fingerprint density at radius 2 is 1.89 bits per heavy atom. The molecule has 1 aliphatic carbocycles. The zero-order valence-corrected chi connectivity index (χ0v) is 12.1. The minimum Gasteiger partial charge on any atom is -0.451 e. The Morgan fingerprint density at radius 1 is 1.26 bits per heavy atom. The number of hydrogen-bond acceptors (Lipinski definition) is 2. The van der Waals surface area contributed by atoms with Crippen molar-refractivity contribution in [2.45, 2.75) is 52.1 Å². The van der Waals surface area contributed by atoms with E-state index in [0.29, 0.717) is 5.57 Å². The predicted molar refractivity (Wildman–Crippen MR) is 77.0 cm³/mol. The van der Waals surface area contributed by atoms with Gasteiger partial charge in [-0.2, -0.15) is 0 Å². The number of esters is 1. The third kappa shape index (κ3) is 2.73. The fourth-order valence-electron chi connectivity index (χ4n) is 2.86. The first kappa shape index (κ1) is 13.9. The van der Waals surface area contributed by atoms with Crippen LogP contribution in [0.15, 0.2) is 30.4 Å². The lowest BCUT2D eigenvalue weighted by Gasteiger charge is -2.31. The molecule has 1 aliphatic rings. The maximum atomic E-state index is 12.0. The first-order valence-electron chi connectivity index (χ1n) is 6.91. The zero-order chi connectivity index (χ0) is 14.0. The van der Waals surface area contributed by atoms with Gasteiger partial charge < -0.3 is 4.74 Å². The van der Waals surface area contributed by atoms with Gasteiger partial charge in [-0.05, 0) is 57.6 Å². The van der Waals surface area contributed by atoms with E-state index in [2.05, 4.69) is 38.6 Å². The number of ether oxygens (including phenoxy) is 1. The quantitative estimate of drug-likeness (QED) is 0.600. The third-order valence-electron chi connectivity index (χ3n) is 3.93. The molecule has 19 heavy (non-hydrogen) atoms. The average molecular weight is 258 g/mol. The van der Waals surface area contributed by atoms with E-state index in [9.17, 15) is 4.79 Å². The Bertz CT molecular complexity index is 508. The third-order valence-corrected chi connectivity index (χ3v) is 3.93. The summed E-state index contributed by atoms with van der Waals surface area (Å²) < 4.78 is 5.84. The number of aryl methyl sites for hydroxylation is 2. The molecule has 0 amide bonds. The summed E-state index contributed by atoms with van der Waals surface area (Å²) in [5.41, 5.74) is 3.60. The van der Waals surface area contributed by atoms with E-state index in [0.717, 1.165) is 25.7 Å². The molecule has 0 unspecified atom stereocenters. The molecule has 1 fully saturated rings. The van der Waals surface area contributed by atoms with E-state index in [4.69, 9.17) is 4.74 Å². The molecule has 1 aromatic carbocycles. The Balaban J connectivity index is 2.41. The molecule has 0 saturated heterocycles. The van der Waals surface area contributed by atoms with Crippen LogP contribution in [0.1, 0.15) is 49.3 Å². The van der Waals surface area contributed by atoms with Crippen LogP contribution in [0.25, 0.3) is 0 Å². The number of hydrogen-bond donors (Lipinski definition) is 0. The summed E-state index contributed by atoms with van der Waals surface area (Å²) in [6.07, 6.45) is 4.04. The van der Waals surface area contributed by atoms with Crippen LogP contribution in [-0.4, -0.2) is 5.97 Å². The fraction of sp³-hybridized carbons (Fsp3) is 0.471. The van der Waals surface area contributed by atoms with Crippen molar-refractivity contribution in [2.24, 2.45) is 0 Å². The van der Waals surface area contributed by atoms with E-state index in [-0.39, 0.29) is 5.97 Å². The molecule has 0 aliphatic heterocycles. The van der Waals surface area contributed by atoms with Crippen molar-refractivity contribution >= 4 is 5.97 Å². The molecule has 0 radical (unpaired) electrons. The maximum absolute atomic E-state index is 12.0. The van der Waals surface area contributed by atoms with Crippen LogP contribution in [0.5, 0.6) is 0 Å². The summed E-state index contributed by atoms with van der Waals surface area (Å²) in [7, 11) is 0. The largest absolute Gasteiger partial charge is 0.451 e. The van der Waals surface area contributed by atoms with Crippen molar-refractivity contribution in [2.75, 3.05) is 0 Å². The summed E-state index contributed by atoms with van der Waals surface area (Å²) in [6.45, 7) is 9.55. The molecule has 0 N–H and O–H groups in total. The smallest absolute Gasteiger partial charge is 0.333 e. The second-order valence-electron chi connectivity index (χ2n) is 5.69. The van der Waals surface area contributed by atoms with Gasteiger partial charge in [-0.25, -0.2) is 4.79 Å². The molecule has 1 aromatic rings. The SMILES string of the molecule is C=C(C)C(=O)OC1(c2cc(C)ccc2C)CCCC1. The van der Waals surface area contributed by atoms with Crippen molar-refractivity contribution in [3.8, 4) is 0 Å². The number of carbonyl (C=O) groups is 1. The molecule has 0 heterocycles. The van der Waals surface area contributed by atoms with Gasteiger partial charge in [0.25, 0.3) is 0 Å². The summed E-state index contributed by atoms with van der Waals surface area (Å²) in [5.74, 6) is -0.275. The minimum atomic E-state index is -0.438. The Labute approximate surface area is 115 Å². The standard InChI is InChI=1S/C17H22O2/c1-12(2)16(18)19-17(9-5-6-10-17)15-11-13(3)7-8-14(15)4/h7-8,11H,1,5-6,9-10H2,2-4H3. The number of benzene rings is 1.